The Bertz CT molecular complexity index is 870. The van der Waals surface area contributed by atoms with Crippen molar-refractivity contribution >= 4 is 18.1 Å². The van der Waals surface area contributed by atoms with Crippen LogP contribution in [0.3, 0.4) is 0 Å². The zero-order chi connectivity index (χ0) is 20.9. The molecule has 4 nitrogen and oxygen atoms in total. The number of ether oxygens (including phenoxy) is 2. The predicted octanol–water partition coefficient (Wildman–Crippen LogP) is 5.44. The van der Waals surface area contributed by atoms with Crippen LogP contribution in [0.2, 0.25) is 0 Å². The molecular formula is C22H22F3NO3. The number of amides is 1. The van der Waals surface area contributed by atoms with Gasteiger partial charge in [0.05, 0.1) is 7.11 Å². The van der Waals surface area contributed by atoms with Crippen molar-refractivity contribution in [2.75, 3.05) is 7.11 Å². The van der Waals surface area contributed by atoms with Crippen LogP contribution in [0.5, 0.6) is 11.5 Å². The minimum atomic E-state index is -4.72. The molecule has 0 bridgehead atoms. The molecule has 2 aromatic carbocycles. The summed E-state index contributed by atoms with van der Waals surface area (Å²) in [5.74, 6) is 0.191. The van der Waals surface area contributed by atoms with E-state index in [1.54, 1.807) is 30.4 Å². The molecule has 154 valence electrons. The van der Waals surface area contributed by atoms with Crippen LogP contribution in [0.25, 0.3) is 12.2 Å². The molecule has 0 heterocycles. The average molecular weight is 405 g/mol. The maximum Gasteiger partial charge on any atom is 0.573 e. The second-order valence-corrected chi connectivity index (χ2v) is 6.86. The van der Waals surface area contributed by atoms with Crippen LogP contribution >= 0.6 is 0 Å². The first-order chi connectivity index (χ1) is 13.8. The van der Waals surface area contributed by atoms with Gasteiger partial charge in [-0.2, -0.15) is 0 Å². The number of hydrogen-bond acceptors (Lipinski definition) is 3. The first-order valence-electron chi connectivity index (χ1n) is 9.37. The standard InChI is InChI=1S/C22H22F3NO3/c1-28-20-13-10-17(21(27)26-18-4-2-3-5-18)14-16(20)9-6-15-7-11-19(12-8-15)29-22(23,24)25/h6-14,18H,2-5H2,1H3,(H,26,27)/b9-6+. The van der Waals surface area contributed by atoms with E-state index in [1.807, 2.05) is 0 Å². The first kappa shape index (κ1) is 20.8. The van der Waals surface area contributed by atoms with Crippen LogP contribution in [0.1, 0.15) is 47.2 Å². The molecule has 1 N–H and O–H groups in total. The molecule has 0 unspecified atom stereocenters. The summed E-state index contributed by atoms with van der Waals surface area (Å²) in [5, 5.41) is 3.05. The molecule has 29 heavy (non-hydrogen) atoms. The molecule has 0 saturated heterocycles. The highest BCUT2D eigenvalue weighted by Gasteiger charge is 2.30. The number of halogens is 3. The van der Waals surface area contributed by atoms with E-state index in [1.165, 1.54) is 31.4 Å². The van der Waals surface area contributed by atoms with Gasteiger partial charge >= 0.3 is 6.36 Å². The van der Waals surface area contributed by atoms with Crippen LogP contribution in [0.4, 0.5) is 13.2 Å². The minimum Gasteiger partial charge on any atom is -0.496 e. The Hall–Kier alpha value is -2.96. The molecule has 0 spiro atoms. The summed E-state index contributed by atoms with van der Waals surface area (Å²) in [6, 6.07) is 10.9. The number of alkyl halides is 3. The average Bonchev–Trinajstić information content (AvgIpc) is 3.19. The van der Waals surface area contributed by atoms with Gasteiger partial charge in [-0.25, -0.2) is 0 Å². The Morgan fingerprint density at radius 3 is 2.38 bits per heavy atom. The van der Waals surface area contributed by atoms with E-state index in [-0.39, 0.29) is 17.7 Å². The highest BCUT2D eigenvalue weighted by atomic mass is 19.4. The normalized spacial score (nSPS) is 14.9. The Kier molecular flexibility index (Phi) is 6.46. The molecule has 1 aliphatic rings. The summed E-state index contributed by atoms with van der Waals surface area (Å²) in [6.07, 6.45) is 3.04. The van der Waals surface area contributed by atoms with Gasteiger partial charge in [0.15, 0.2) is 0 Å². The highest BCUT2D eigenvalue weighted by molar-refractivity contribution is 5.95. The van der Waals surface area contributed by atoms with E-state index < -0.39 is 6.36 Å². The topological polar surface area (TPSA) is 47.6 Å². The van der Waals surface area contributed by atoms with Crippen LogP contribution < -0.4 is 14.8 Å². The van der Waals surface area contributed by atoms with Gasteiger partial charge in [0, 0.05) is 17.2 Å². The Morgan fingerprint density at radius 2 is 1.76 bits per heavy atom. The van der Waals surface area contributed by atoms with Crippen molar-refractivity contribution in [1.82, 2.24) is 5.32 Å². The molecule has 0 radical (unpaired) electrons. The summed E-state index contributed by atoms with van der Waals surface area (Å²) in [7, 11) is 1.54. The number of nitrogens with one attached hydrogen (secondary N) is 1. The van der Waals surface area contributed by atoms with E-state index in [4.69, 9.17) is 4.74 Å². The van der Waals surface area contributed by atoms with Gasteiger partial charge in [0.2, 0.25) is 0 Å². The summed E-state index contributed by atoms with van der Waals surface area (Å²) >= 11 is 0. The molecule has 1 aliphatic carbocycles. The van der Waals surface area contributed by atoms with Crippen molar-refractivity contribution in [1.29, 1.82) is 0 Å². The van der Waals surface area contributed by atoms with Crippen LogP contribution in [0.15, 0.2) is 42.5 Å². The number of benzene rings is 2. The number of methoxy groups -OCH3 is 1. The molecule has 0 aliphatic heterocycles. The van der Waals surface area contributed by atoms with Crippen molar-refractivity contribution < 1.29 is 27.4 Å². The summed E-state index contributed by atoms with van der Waals surface area (Å²) in [6.45, 7) is 0. The summed E-state index contributed by atoms with van der Waals surface area (Å²) in [5.41, 5.74) is 1.91. The predicted molar refractivity (Wildman–Crippen MR) is 105 cm³/mol. The fraction of sp³-hybridized carbons (Fsp3) is 0.318. The quantitative estimate of drug-likeness (QED) is 0.652. The molecule has 1 saturated carbocycles. The third-order valence-corrected chi connectivity index (χ3v) is 4.75. The van der Waals surface area contributed by atoms with Crippen LogP contribution in [0, 0.1) is 0 Å². The monoisotopic (exact) mass is 405 g/mol. The van der Waals surface area contributed by atoms with Crippen LogP contribution in [-0.4, -0.2) is 25.4 Å². The Balaban J connectivity index is 1.73. The number of hydrogen-bond donors (Lipinski definition) is 1. The molecule has 1 amide bonds. The zero-order valence-electron chi connectivity index (χ0n) is 16.0. The van der Waals surface area contributed by atoms with Gasteiger partial charge in [0.1, 0.15) is 11.5 Å². The smallest absolute Gasteiger partial charge is 0.496 e. The lowest BCUT2D eigenvalue weighted by atomic mass is 10.1. The lowest BCUT2D eigenvalue weighted by Gasteiger charge is -2.13. The third-order valence-electron chi connectivity index (χ3n) is 4.75. The first-order valence-corrected chi connectivity index (χ1v) is 9.37. The molecule has 0 aromatic heterocycles. The van der Waals surface area contributed by atoms with E-state index in [2.05, 4.69) is 10.1 Å². The van der Waals surface area contributed by atoms with Crippen molar-refractivity contribution in [2.24, 2.45) is 0 Å². The fourth-order valence-corrected chi connectivity index (χ4v) is 3.31. The van der Waals surface area contributed by atoms with Gasteiger partial charge in [-0.15, -0.1) is 13.2 Å². The maximum atomic E-state index is 12.5. The number of carbonyl (C=O) groups is 1. The van der Waals surface area contributed by atoms with Gasteiger partial charge in [-0.1, -0.05) is 37.1 Å². The summed E-state index contributed by atoms with van der Waals surface area (Å²) < 4.78 is 45.9. The second-order valence-electron chi connectivity index (χ2n) is 6.86. The van der Waals surface area contributed by atoms with E-state index in [9.17, 15) is 18.0 Å². The van der Waals surface area contributed by atoms with E-state index in [0.29, 0.717) is 22.4 Å². The molecule has 7 heteroatoms. The summed E-state index contributed by atoms with van der Waals surface area (Å²) in [4.78, 5) is 12.5. The van der Waals surface area contributed by atoms with Crippen molar-refractivity contribution in [3.05, 3.63) is 59.2 Å². The number of carbonyl (C=O) groups excluding carboxylic acids is 1. The Morgan fingerprint density at radius 1 is 1.07 bits per heavy atom. The van der Waals surface area contributed by atoms with Gasteiger partial charge in [0.25, 0.3) is 5.91 Å². The number of rotatable bonds is 6. The van der Waals surface area contributed by atoms with Gasteiger partial charge < -0.3 is 14.8 Å². The van der Waals surface area contributed by atoms with Crippen molar-refractivity contribution in [3.8, 4) is 11.5 Å². The SMILES string of the molecule is COc1ccc(C(=O)NC2CCCC2)cc1/C=C/c1ccc(OC(F)(F)F)cc1. The lowest BCUT2D eigenvalue weighted by molar-refractivity contribution is -0.274. The van der Waals surface area contributed by atoms with E-state index in [0.717, 1.165) is 25.7 Å². The van der Waals surface area contributed by atoms with Gasteiger partial charge in [-0.05, 0) is 48.7 Å². The molecule has 2 aromatic rings. The molecule has 0 atom stereocenters. The minimum absolute atomic E-state index is 0.122. The lowest BCUT2D eigenvalue weighted by Crippen LogP contribution is -2.32. The molecule has 1 fully saturated rings. The maximum absolute atomic E-state index is 12.5. The van der Waals surface area contributed by atoms with Crippen molar-refractivity contribution in [3.63, 3.8) is 0 Å². The van der Waals surface area contributed by atoms with E-state index >= 15 is 0 Å². The highest BCUT2D eigenvalue weighted by Crippen LogP contribution is 2.25. The Labute approximate surface area is 167 Å². The zero-order valence-corrected chi connectivity index (χ0v) is 16.0. The third kappa shape index (κ3) is 6.01. The fourth-order valence-electron chi connectivity index (χ4n) is 3.31. The largest absolute Gasteiger partial charge is 0.573 e. The van der Waals surface area contributed by atoms with Crippen LogP contribution in [-0.2, 0) is 0 Å². The molecular weight excluding hydrogens is 383 g/mol. The second kappa shape index (κ2) is 9.03. The molecule has 3 rings (SSSR count). The van der Waals surface area contributed by atoms with Crippen molar-refractivity contribution in [2.45, 2.75) is 38.1 Å². The van der Waals surface area contributed by atoms with Gasteiger partial charge in [-0.3, -0.25) is 4.79 Å².